The van der Waals surface area contributed by atoms with Crippen LogP contribution in [0.3, 0.4) is 0 Å². The van der Waals surface area contributed by atoms with Crippen LogP contribution in [0.1, 0.15) is 11.3 Å². The second kappa shape index (κ2) is 6.18. The lowest BCUT2D eigenvalue weighted by molar-refractivity contribution is 0.627. The van der Waals surface area contributed by atoms with Crippen LogP contribution in [-0.4, -0.2) is 9.97 Å². The van der Waals surface area contributed by atoms with Crippen molar-refractivity contribution in [3.8, 4) is 6.07 Å². The maximum atomic E-state index is 13.0. The number of rotatable bonds is 2. The molecule has 1 aromatic heterocycles. The molecule has 0 aliphatic carbocycles. The summed E-state index contributed by atoms with van der Waals surface area (Å²) in [5.74, 6) is -0.292. The molecule has 0 atom stereocenters. The first-order valence-electron chi connectivity index (χ1n) is 6.20. The zero-order valence-corrected chi connectivity index (χ0v) is 12.6. The molecule has 7 heteroatoms. The van der Waals surface area contributed by atoms with E-state index in [-0.39, 0.29) is 11.1 Å². The van der Waals surface area contributed by atoms with E-state index in [0.717, 1.165) is 11.3 Å². The summed E-state index contributed by atoms with van der Waals surface area (Å²) in [4.78, 5) is 7.85. The van der Waals surface area contributed by atoms with Gasteiger partial charge in [-0.1, -0.05) is 11.8 Å². The van der Waals surface area contributed by atoms with Crippen molar-refractivity contribution in [2.75, 3.05) is 0 Å². The standard InChI is InChI=1S/C15H8ClFN4S/c16-15-19-6-5-12(21-15)11(7-18)14-20-13(8-22-14)9-1-3-10(17)4-2-9/h1-6,8,20H/b14-11-. The first-order chi connectivity index (χ1) is 10.7. The van der Waals surface area contributed by atoms with Gasteiger partial charge >= 0.3 is 0 Å². The van der Waals surface area contributed by atoms with Gasteiger partial charge in [-0.15, -0.1) is 0 Å². The summed E-state index contributed by atoms with van der Waals surface area (Å²) in [7, 11) is 0. The number of hydrogen-bond acceptors (Lipinski definition) is 5. The number of nitrogens with one attached hydrogen (secondary N) is 1. The van der Waals surface area contributed by atoms with Gasteiger partial charge in [0.2, 0.25) is 5.28 Å². The van der Waals surface area contributed by atoms with Gasteiger partial charge in [0.05, 0.1) is 16.4 Å². The van der Waals surface area contributed by atoms with E-state index in [2.05, 4.69) is 21.4 Å². The minimum Gasteiger partial charge on any atom is -0.348 e. The molecule has 0 radical (unpaired) electrons. The van der Waals surface area contributed by atoms with E-state index in [4.69, 9.17) is 11.6 Å². The number of thioether (sulfide) groups is 1. The molecule has 0 amide bonds. The minimum atomic E-state index is -0.292. The van der Waals surface area contributed by atoms with Gasteiger partial charge in [-0.25, -0.2) is 14.4 Å². The first-order valence-corrected chi connectivity index (χ1v) is 7.46. The Labute approximate surface area is 135 Å². The highest BCUT2D eigenvalue weighted by molar-refractivity contribution is 8.06. The van der Waals surface area contributed by atoms with E-state index in [1.54, 1.807) is 18.2 Å². The third-order valence-electron chi connectivity index (χ3n) is 2.92. The highest BCUT2D eigenvalue weighted by Crippen LogP contribution is 2.34. The fourth-order valence-corrected chi connectivity index (χ4v) is 2.90. The molecule has 0 saturated carbocycles. The summed E-state index contributed by atoms with van der Waals surface area (Å²) >= 11 is 7.13. The molecule has 3 rings (SSSR count). The summed E-state index contributed by atoms with van der Waals surface area (Å²) in [6.45, 7) is 0. The van der Waals surface area contributed by atoms with E-state index in [1.165, 1.54) is 30.1 Å². The predicted octanol–water partition coefficient (Wildman–Crippen LogP) is 3.80. The number of halogens is 2. The quantitative estimate of drug-likeness (QED) is 0.670. The summed E-state index contributed by atoms with van der Waals surface area (Å²) in [6, 6.07) is 9.86. The topological polar surface area (TPSA) is 61.6 Å². The third kappa shape index (κ3) is 2.96. The van der Waals surface area contributed by atoms with Gasteiger partial charge in [-0.2, -0.15) is 5.26 Å². The van der Waals surface area contributed by atoms with Gasteiger partial charge in [0.1, 0.15) is 17.5 Å². The molecule has 1 aliphatic rings. The highest BCUT2D eigenvalue weighted by Gasteiger charge is 2.18. The second-order valence-corrected chi connectivity index (χ2v) is 5.53. The molecule has 1 aliphatic heterocycles. The van der Waals surface area contributed by atoms with Crippen LogP contribution in [0.4, 0.5) is 4.39 Å². The van der Waals surface area contributed by atoms with Crippen LogP contribution in [0.2, 0.25) is 5.28 Å². The summed E-state index contributed by atoms with van der Waals surface area (Å²) in [5.41, 5.74) is 2.46. The van der Waals surface area contributed by atoms with Crippen molar-refractivity contribution in [3.63, 3.8) is 0 Å². The van der Waals surface area contributed by atoms with Gasteiger partial charge in [0.25, 0.3) is 0 Å². The normalized spacial score (nSPS) is 15.8. The van der Waals surface area contributed by atoms with E-state index < -0.39 is 0 Å². The molecule has 0 saturated heterocycles. The van der Waals surface area contributed by atoms with Crippen LogP contribution < -0.4 is 5.32 Å². The van der Waals surface area contributed by atoms with Crippen LogP contribution in [0.25, 0.3) is 11.3 Å². The van der Waals surface area contributed by atoms with Crippen LogP contribution in [0.15, 0.2) is 47.0 Å². The van der Waals surface area contributed by atoms with Crippen molar-refractivity contribution < 1.29 is 4.39 Å². The van der Waals surface area contributed by atoms with E-state index >= 15 is 0 Å². The summed E-state index contributed by atoms with van der Waals surface area (Å²) < 4.78 is 13.0. The molecule has 0 fully saturated rings. The number of allylic oxidation sites excluding steroid dienone is 1. The third-order valence-corrected chi connectivity index (χ3v) is 4.00. The average Bonchev–Trinajstić information content (AvgIpc) is 2.98. The molecule has 1 N–H and O–H groups in total. The van der Waals surface area contributed by atoms with Gasteiger partial charge in [-0.3, -0.25) is 0 Å². The Bertz CT molecular complexity index is 824. The maximum absolute atomic E-state index is 13.0. The summed E-state index contributed by atoms with van der Waals surface area (Å²) in [5, 5.41) is 15.1. The smallest absolute Gasteiger partial charge is 0.222 e. The first kappa shape index (κ1) is 14.6. The predicted molar refractivity (Wildman–Crippen MR) is 84.7 cm³/mol. The maximum Gasteiger partial charge on any atom is 0.222 e. The van der Waals surface area contributed by atoms with Gasteiger partial charge in [0, 0.05) is 11.6 Å². The van der Waals surface area contributed by atoms with Gasteiger partial charge < -0.3 is 5.32 Å². The van der Waals surface area contributed by atoms with Crippen molar-refractivity contribution in [2.45, 2.75) is 0 Å². The van der Waals surface area contributed by atoms with Crippen LogP contribution in [-0.2, 0) is 0 Å². The Kier molecular flexibility index (Phi) is 4.09. The Morgan fingerprint density at radius 1 is 1.27 bits per heavy atom. The number of hydrogen-bond donors (Lipinski definition) is 1. The minimum absolute atomic E-state index is 0.0839. The molecule has 0 unspecified atom stereocenters. The van der Waals surface area contributed by atoms with E-state index in [0.29, 0.717) is 16.3 Å². The number of benzene rings is 1. The van der Waals surface area contributed by atoms with Crippen LogP contribution in [0, 0.1) is 17.1 Å². The monoisotopic (exact) mass is 330 g/mol. The van der Waals surface area contributed by atoms with E-state index in [1.807, 2.05) is 5.41 Å². The number of nitriles is 1. The molecular weight excluding hydrogens is 323 g/mol. The van der Waals surface area contributed by atoms with Crippen LogP contribution in [0.5, 0.6) is 0 Å². The fourth-order valence-electron chi connectivity index (χ4n) is 1.89. The Balaban J connectivity index is 1.91. The zero-order valence-electron chi connectivity index (χ0n) is 11.0. The highest BCUT2D eigenvalue weighted by atomic mass is 35.5. The molecular formula is C15H8ClFN4S. The second-order valence-electron chi connectivity index (χ2n) is 4.31. The Morgan fingerprint density at radius 3 is 2.73 bits per heavy atom. The molecule has 108 valence electrons. The number of nitrogens with zero attached hydrogens (tertiary/aromatic N) is 3. The summed E-state index contributed by atoms with van der Waals surface area (Å²) in [6.07, 6.45) is 1.50. The molecule has 22 heavy (non-hydrogen) atoms. The van der Waals surface area contributed by atoms with E-state index in [9.17, 15) is 9.65 Å². The van der Waals surface area contributed by atoms with Crippen molar-refractivity contribution in [1.29, 1.82) is 5.26 Å². The largest absolute Gasteiger partial charge is 0.348 e. The molecule has 2 aromatic rings. The van der Waals surface area contributed by atoms with Crippen molar-refractivity contribution in [3.05, 3.63) is 69.3 Å². The fraction of sp³-hybridized carbons (Fsp3) is 0. The molecule has 0 bridgehead atoms. The lowest BCUT2D eigenvalue weighted by Gasteiger charge is -2.07. The van der Waals surface area contributed by atoms with Crippen LogP contribution >= 0.6 is 23.4 Å². The molecule has 1 aromatic carbocycles. The Morgan fingerprint density at radius 2 is 2.05 bits per heavy atom. The molecule has 2 heterocycles. The van der Waals surface area contributed by atoms with Crippen molar-refractivity contribution in [2.24, 2.45) is 0 Å². The Hall–Kier alpha value is -2.36. The molecule has 4 nitrogen and oxygen atoms in total. The van der Waals surface area contributed by atoms with Crippen molar-refractivity contribution in [1.82, 2.24) is 15.3 Å². The van der Waals surface area contributed by atoms with Crippen molar-refractivity contribution >= 4 is 34.6 Å². The lowest BCUT2D eigenvalue weighted by atomic mass is 10.1. The zero-order chi connectivity index (χ0) is 15.5. The average molecular weight is 331 g/mol. The molecule has 0 spiro atoms. The lowest BCUT2D eigenvalue weighted by Crippen LogP contribution is -2.07. The SMILES string of the molecule is N#C/C(=C1\NC(c2ccc(F)cc2)=CS1)c1ccnc(Cl)n1. The van der Waals surface area contributed by atoms with Gasteiger partial charge in [-0.05, 0) is 47.5 Å². The number of aromatic nitrogens is 2. The van der Waals surface area contributed by atoms with Gasteiger partial charge in [0.15, 0.2) is 0 Å².